The number of amides is 1. The number of methoxy groups -OCH3 is 1. The summed E-state index contributed by atoms with van der Waals surface area (Å²) in [6.07, 6.45) is 0.526. The quantitative estimate of drug-likeness (QED) is 0.723. The molecule has 6 nitrogen and oxygen atoms in total. The fourth-order valence-electron chi connectivity index (χ4n) is 1.57. The van der Waals surface area contributed by atoms with Gasteiger partial charge in [-0.3, -0.25) is 4.79 Å². The van der Waals surface area contributed by atoms with Crippen molar-refractivity contribution in [1.29, 1.82) is 0 Å². The van der Waals surface area contributed by atoms with Gasteiger partial charge in [-0.2, -0.15) is 0 Å². The molecular formula is C14H28N2O4. The Morgan fingerprint density at radius 2 is 1.85 bits per heavy atom. The number of ether oxygens (including phenoxy) is 2. The maximum atomic E-state index is 12.0. The van der Waals surface area contributed by atoms with Crippen molar-refractivity contribution in [2.24, 2.45) is 0 Å². The molecule has 0 aromatic carbocycles. The Kier molecular flexibility index (Phi) is 8.22. The van der Waals surface area contributed by atoms with Crippen molar-refractivity contribution in [3.8, 4) is 0 Å². The van der Waals surface area contributed by atoms with E-state index in [0.717, 1.165) is 6.42 Å². The SMILES string of the molecule is CCCN(CCNC(C)C(=O)OC)C(=O)OC(C)(C)C. The van der Waals surface area contributed by atoms with Crippen LogP contribution < -0.4 is 5.32 Å². The van der Waals surface area contributed by atoms with Crippen LogP contribution in [0.4, 0.5) is 4.79 Å². The van der Waals surface area contributed by atoms with Crippen LogP contribution in [-0.2, 0) is 14.3 Å². The van der Waals surface area contributed by atoms with Crippen LogP contribution in [0.1, 0.15) is 41.0 Å². The predicted molar refractivity (Wildman–Crippen MR) is 77.6 cm³/mol. The van der Waals surface area contributed by atoms with Gasteiger partial charge in [0.2, 0.25) is 0 Å². The Labute approximate surface area is 121 Å². The van der Waals surface area contributed by atoms with Gasteiger partial charge in [-0.05, 0) is 34.1 Å². The first-order valence-electron chi connectivity index (χ1n) is 7.00. The van der Waals surface area contributed by atoms with Gasteiger partial charge in [0.25, 0.3) is 0 Å². The molecule has 0 rings (SSSR count). The number of carbonyl (C=O) groups is 2. The molecule has 1 unspecified atom stereocenters. The molecule has 1 N–H and O–H groups in total. The van der Waals surface area contributed by atoms with Gasteiger partial charge in [0.05, 0.1) is 7.11 Å². The van der Waals surface area contributed by atoms with E-state index in [1.165, 1.54) is 7.11 Å². The van der Waals surface area contributed by atoms with Crippen molar-refractivity contribution in [2.75, 3.05) is 26.7 Å². The summed E-state index contributed by atoms with van der Waals surface area (Å²) in [5.41, 5.74) is -0.504. The number of nitrogens with one attached hydrogen (secondary N) is 1. The molecule has 0 radical (unpaired) electrons. The zero-order valence-electron chi connectivity index (χ0n) is 13.5. The third-order valence-electron chi connectivity index (χ3n) is 2.53. The molecule has 0 fully saturated rings. The molecular weight excluding hydrogens is 260 g/mol. The molecule has 6 heteroatoms. The Balaban J connectivity index is 4.27. The number of hydrogen-bond acceptors (Lipinski definition) is 5. The topological polar surface area (TPSA) is 67.9 Å². The summed E-state index contributed by atoms with van der Waals surface area (Å²) in [4.78, 5) is 24.9. The summed E-state index contributed by atoms with van der Waals surface area (Å²) in [6.45, 7) is 10.9. The number of esters is 1. The van der Waals surface area contributed by atoms with Crippen LogP contribution in [-0.4, -0.2) is 55.3 Å². The molecule has 0 bridgehead atoms. The van der Waals surface area contributed by atoms with Crippen molar-refractivity contribution >= 4 is 12.1 Å². The van der Waals surface area contributed by atoms with E-state index in [1.807, 2.05) is 27.7 Å². The summed E-state index contributed by atoms with van der Waals surface area (Å²) in [7, 11) is 1.35. The molecule has 0 saturated heterocycles. The third kappa shape index (κ3) is 7.99. The summed E-state index contributed by atoms with van der Waals surface area (Å²) >= 11 is 0. The lowest BCUT2D eigenvalue weighted by molar-refractivity contribution is -0.142. The van der Waals surface area contributed by atoms with Crippen molar-refractivity contribution in [2.45, 2.75) is 52.7 Å². The van der Waals surface area contributed by atoms with Gasteiger partial charge in [-0.1, -0.05) is 6.92 Å². The molecule has 0 saturated carbocycles. The van der Waals surface area contributed by atoms with Gasteiger partial charge in [-0.25, -0.2) is 4.79 Å². The van der Waals surface area contributed by atoms with E-state index in [-0.39, 0.29) is 18.1 Å². The molecule has 118 valence electrons. The van der Waals surface area contributed by atoms with E-state index in [1.54, 1.807) is 11.8 Å². The van der Waals surface area contributed by atoms with Gasteiger partial charge in [0, 0.05) is 19.6 Å². The second kappa shape index (κ2) is 8.79. The zero-order valence-corrected chi connectivity index (χ0v) is 13.5. The minimum absolute atomic E-state index is 0.315. The normalized spacial score (nSPS) is 12.7. The number of carbonyl (C=O) groups excluding carboxylic acids is 2. The predicted octanol–water partition coefficient (Wildman–Crippen LogP) is 1.78. The summed E-state index contributed by atoms with van der Waals surface area (Å²) in [5.74, 6) is -0.315. The molecule has 0 aliphatic rings. The molecule has 1 atom stereocenters. The molecule has 0 aliphatic heterocycles. The first-order chi connectivity index (χ1) is 9.21. The second-order valence-electron chi connectivity index (χ2n) is 5.67. The lowest BCUT2D eigenvalue weighted by Crippen LogP contribution is -2.44. The van der Waals surface area contributed by atoms with Gasteiger partial charge in [-0.15, -0.1) is 0 Å². The van der Waals surface area contributed by atoms with Crippen molar-refractivity contribution in [3.63, 3.8) is 0 Å². The molecule has 0 spiro atoms. The first kappa shape index (κ1) is 18.7. The summed E-state index contributed by atoms with van der Waals surface area (Å²) in [6, 6.07) is -0.387. The molecule has 1 amide bonds. The van der Waals surface area contributed by atoms with Crippen LogP contribution in [0.5, 0.6) is 0 Å². The van der Waals surface area contributed by atoms with Crippen LogP contribution >= 0.6 is 0 Å². The van der Waals surface area contributed by atoms with Crippen LogP contribution in [0.2, 0.25) is 0 Å². The van der Waals surface area contributed by atoms with Crippen LogP contribution in [0.3, 0.4) is 0 Å². The van der Waals surface area contributed by atoms with Gasteiger partial charge in [0.15, 0.2) is 0 Å². The van der Waals surface area contributed by atoms with E-state index in [9.17, 15) is 9.59 Å². The molecule has 20 heavy (non-hydrogen) atoms. The van der Waals surface area contributed by atoms with E-state index in [4.69, 9.17) is 4.74 Å². The number of rotatable bonds is 7. The highest BCUT2D eigenvalue weighted by atomic mass is 16.6. The lowest BCUT2D eigenvalue weighted by atomic mass is 10.2. The second-order valence-corrected chi connectivity index (χ2v) is 5.67. The van der Waals surface area contributed by atoms with Crippen LogP contribution in [0, 0.1) is 0 Å². The number of nitrogens with zero attached hydrogens (tertiary/aromatic N) is 1. The summed E-state index contributed by atoms with van der Waals surface area (Å²) in [5, 5.41) is 3.02. The Morgan fingerprint density at radius 1 is 1.25 bits per heavy atom. The van der Waals surface area contributed by atoms with Gasteiger partial charge >= 0.3 is 12.1 Å². The van der Waals surface area contributed by atoms with Crippen LogP contribution in [0.25, 0.3) is 0 Å². The standard InChI is InChI=1S/C14H28N2O4/c1-7-9-16(13(18)20-14(3,4)5)10-8-15-11(2)12(17)19-6/h11,15H,7-10H2,1-6H3. The average Bonchev–Trinajstić information content (AvgIpc) is 2.34. The van der Waals surface area contributed by atoms with Crippen molar-refractivity contribution < 1.29 is 19.1 Å². The first-order valence-corrected chi connectivity index (χ1v) is 7.00. The van der Waals surface area contributed by atoms with Gasteiger partial charge < -0.3 is 19.7 Å². The largest absolute Gasteiger partial charge is 0.468 e. The highest BCUT2D eigenvalue weighted by Gasteiger charge is 2.21. The van der Waals surface area contributed by atoms with E-state index < -0.39 is 5.60 Å². The van der Waals surface area contributed by atoms with E-state index >= 15 is 0 Å². The maximum absolute atomic E-state index is 12.0. The smallest absolute Gasteiger partial charge is 0.410 e. The summed E-state index contributed by atoms with van der Waals surface area (Å²) < 4.78 is 9.97. The van der Waals surface area contributed by atoms with Crippen LogP contribution in [0.15, 0.2) is 0 Å². The minimum atomic E-state index is -0.504. The van der Waals surface area contributed by atoms with E-state index in [2.05, 4.69) is 10.1 Å². The lowest BCUT2D eigenvalue weighted by Gasteiger charge is -2.27. The minimum Gasteiger partial charge on any atom is -0.468 e. The highest BCUT2D eigenvalue weighted by molar-refractivity contribution is 5.75. The van der Waals surface area contributed by atoms with Gasteiger partial charge in [0.1, 0.15) is 11.6 Å². The Bertz CT molecular complexity index is 313. The Hall–Kier alpha value is -1.30. The average molecular weight is 288 g/mol. The Morgan fingerprint density at radius 3 is 2.30 bits per heavy atom. The third-order valence-corrected chi connectivity index (χ3v) is 2.53. The maximum Gasteiger partial charge on any atom is 0.410 e. The van der Waals surface area contributed by atoms with E-state index in [0.29, 0.717) is 19.6 Å². The van der Waals surface area contributed by atoms with Crippen molar-refractivity contribution in [1.82, 2.24) is 10.2 Å². The monoisotopic (exact) mass is 288 g/mol. The fraction of sp³-hybridized carbons (Fsp3) is 0.857. The van der Waals surface area contributed by atoms with Crippen molar-refractivity contribution in [3.05, 3.63) is 0 Å². The molecule has 0 aromatic heterocycles. The molecule has 0 aromatic rings. The fourth-order valence-corrected chi connectivity index (χ4v) is 1.57. The molecule has 0 aliphatic carbocycles. The molecule has 0 heterocycles. The zero-order chi connectivity index (χ0) is 15.8. The number of hydrogen-bond donors (Lipinski definition) is 1. The highest BCUT2D eigenvalue weighted by Crippen LogP contribution is 2.10.